The van der Waals surface area contributed by atoms with Crippen molar-refractivity contribution in [3.05, 3.63) is 39.4 Å². The summed E-state index contributed by atoms with van der Waals surface area (Å²) in [5, 5.41) is 22.4. The predicted octanol–water partition coefficient (Wildman–Crippen LogP) is 1.25. The van der Waals surface area contributed by atoms with E-state index in [9.17, 15) is 14.9 Å². The van der Waals surface area contributed by atoms with Gasteiger partial charge in [0.15, 0.2) is 0 Å². The van der Waals surface area contributed by atoms with Crippen LogP contribution in [-0.2, 0) is 0 Å². The molecule has 0 aliphatic rings. The van der Waals surface area contributed by atoms with E-state index >= 15 is 0 Å². The van der Waals surface area contributed by atoms with Crippen LogP contribution in [0, 0.1) is 22.0 Å². The minimum atomic E-state index is -1.33. The Morgan fingerprint density at radius 3 is 2.83 bits per heavy atom. The van der Waals surface area contributed by atoms with E-state index in [0.717, 1.165) is 12.6 Å². The second-order valence-electron chi connectivity index (χ2n) is 3.45. The van der Waals surface area contributed by atoms with Gasteiger partial charge in [-0.15, -0.1) is 0 Å². The molecule has 1 aromatic rings. The molecule has 1 aromatic carbocycles. The van der Waals surface area contributed by atoms with E-state index in [2.05, 4.69) is 17.2 Å². The van der Waals surface area contributed by atoms with Crippen molar-refractivity contribution in [2.24, 2.45) is 0 Å². The van der Waals surface area contributed by atoms with Crippen molar-refractivity contribution in [3.8, 4) is 11.8 Å². The first-order valence-corrected chi connectivity index (χ1v) is 5.21. The third-order valence-corrected chi connectivity index (χ3v) is 2.16. The van der Waals surface area contributed by atoms with Crippen molar-refractivity contribution in [3.63, 3.8) is 0 Å². The summed E-state index contributed by atoms with van der Waals surface area (Å²) in [6.45, 7) is 0.728. The van der Waals surface area contributed by atoms with Gasteiger partial charge in [0.05, 0.1) is 4.92 Å². The van der Waals surface area contributed by atoms with Gasteiger partial charge >= 0.3 is 5.97 Å². The second-order valence-corrected chi connectivity index (χ2v) is 3.45. The Morgan fingerprint density at radius 1 is 1.56 bits per heavy atom. The fraction of sp³-hybridized carbons (Fsp3) is 0.250. The molecule has 0 atom stereocenters. The first-order valence-electron chi connectivity index (χ1n) is 5.21. The largest absolute Gasteiger partial charge is 0.477 e. The zero-order valence-corrected chi connectivity index (χ0v) is 9.77. The highest BCUT2D eigenvalue weighted by atomic mass is 16.6. The van der Waals surface area contributed by atoms with Gasteiger partial charge in [0.25, 0.3) is 5.69 Å². The summed E-state index contributed by atoms with van der Waals surface area (Å²) in [6, 6.07) is 3.81. The van der Waals surface area contributed by atoms with E-state index < -0.39 is 16.6 Å². The Morgan fingerprint density at radius 2 is 2.28 bits per heavy atom. The van der Waals surface area contributed by atoms with Gasteiger partial charge in [-0.2, -0.15) is 0 Å². The quantitative estimate of drug-likeness (QED) is 0.362. The summed E-state index contributed by atoms with van der Waals surface area (Å²) in [5.41, 5.74) is -0.321. The summed E-state index contributed by atoms with van der Waals surface area (Å²) in [4.78, 5) is 20.8. The summed E-state index contributed by atoms with van der Waals surface area (Å²) in [7, 11) is 1.80. The molecule has 0 bridgehead atoms. The number of carboxylic acids is 1. The maximum Gasteiger partial charge on any atom is 0.342 e. The third-order valence-electron chi connectivity index (χ3n) is 2.16. The van der Waals surface area contributed by atoms with Gasteiger partial charge in [-0.25, -0.2) is 4.79 Å². The van der Waals surface area contributed by atoms with Crippen molar-refractivity contribution in [1.82, 2.24) is 5.32 Å². The molecule has 0 spiro atoms. The highest BCUT2D eigenvalue weighted by Gasteiger charge is 2.19. The van der Waals surface area contributed by atoms with Crippen molar-refractivity contribution >= 4 is 11.7 Å². The Kier molecular flexibility index (Phi) is 4.84. The van der Waals surface area contributed by atoms with E-state index in [4.69, 9.17) is 5.11 Å². The van der Waals surface area contributed by atoms with Crippen LogP contribution in [-0.4, -0.2) is 29.6 Å². The van der Waals surface area contributed by atoms with Crippen LogP contribution in [0.1, 0.15) is 22.3 Å². The van der Waals surface area contributed by atoms with Gasteiger partial charge in [0.2, 0.25) is 0 Å². The Labute approximate surface area is 104 Å². The van der Waals surface area contributed by atoms with E-state index in [1.54, 1.807) is 7.05 Å². The lowest BCUT2D eigenvalue weighted by atomic mass is 10.1. The Balaban J connectivity index is 3.03. The molecule has 0 aromatic heterocycles. The first kappa shape index (κ1) is 13.7. The monoisotopic (exact) mass is 248 g/mol. The molecule has 0 aliphatic heterocycles. The number of benzene rings is 1. The lowest BCUT2D eigenvalue weighted by Crippen LogP contribution is -2.06. The highest BCUT2D eigenvalue weighted by molar-refractivity contribution is 5.92. The smallest absolute Gasteiger partial charge is 0.342 e. The van der Waals surface area contributed by atoms with Crippen LogP contribution in [0.25, 0.3) is 0 Å². The molecule has 18 heavy (non-hydrogen) atoms. The van der Waals surface area contributed by atoms with Gasteiger partial charge in [-0.3, -0.25) is 10.1 Å². The number of nitro benzene ring substituents is 1. The van der Waals surface area contributed by atoms with Gasteiger partial charge in [-0.1, -0.05) is 11.8 Å². The fourth-order valence-corrected chi connectivity index (χ4v) is 1.30. The van der Waals surface area contributed by atoms with Crippen LogP contribution in [0.2, 0.25) is 0 Å². The number of carbonyl (C=O) groups is 1. The molecule has 0 saturated heterocycles. The normalized spacial score (nSPS) is 9.39. The minimum absolute atomic E-state index is 0.347. The number of rotatable bonds is 4. The molecule has 0 saturated carbocycles. The van der Waals surface area contributed by atoms with Gasteiger partial charge in [0, 0.05) is 24.6 Å². The maximum atomic E-state index is 10.9. The van der Waals surface area contributed by atoms with Gasteiger partial charge in [-0.05, 0) is 19.2 Å². The van der Waals surface area contributed by atoms with Gasteiger partial charge in [0.1, 0.15) is 5.56 Å². The summed E-state index contributed by atoms with van der Waals surface area (Å²) in [6.07, 6.45) is 0.621. The molecule has 0 amide bonds. The molecule has 0 fully saturated rings. The van der Waals surface area contributed by atoms with Crippen LogP contribution in [0.5, 0.6) is 0 Å². The molecule has 6 heteroatoms. The van der Waals surface area contributed by atoms with E-state index in [0.29, 0.717) is 12.0 Å². The average Bonchev–Trinajstić information content (AvgIpc) is 2.34. The number of nitrogens with zero attached hydrogens (tertiary/aromatic N) is 1. The molecule has 6 nitrogen and oxygen atoms in total. The second kappa shape index (κ2) is 6.37. The molecular weight excluding hydrogens is 236 g/mol. The van der Waals surface area contributed by atoms with Crippen LogP contribution in [0.3, 0.4) is 0 Å². The molecule has 1 rings (SSSR count). The standard InChI is InChI=1S/C12H12N2O4/c1-13-7-3-2-4-9-5-6-11(14(17)18)10(8-9)12(15)16/h5-6,8,13H,3,7H2,1H3,(H,15,16). The van der Waals surface area contributed by atoms with Crippen molar-refractivity contribution in [1.29, 1.82) is 0 Å². The molecule has 0 aliphatic carbocycles. The van der Waals surface area contributed by atoms with Gasteiger partial charge < -0.3 is 10.4 Å². The van der Waals surface area contributed by atoms with E-state index in [1.807, 2.05) is 0 Å². The number of nitro groups is 1. The summed E-state index contributed by atoms with van der Waals surface area (Å²) in [5.74, 6) is 4.27. The van der Waals surface area contributed by atoms with Crippen molar-refractivity contribution < 1.29 is 14.8 Å². The number of aromatic carboxylic acids is 1. The molecule has 0 unspecified atom stereocenters. The highest BCUT2D eigenvalue weighted by Crippen LogP contribution is 2.19. The van der Waals surface area contributed by atoms with Crippen LogP contribution >= 0.6 is 0 Å². The Hall–Kier alpha value is -2.39. The zero-order chi connectivity index (χ0) is 13.5. The van der Waals surface area contributed by atoms with Crippen LogP contribution in [0.4, 0.5) is 5.69 Å². The molecule has 2 N–H and O–H groups in total. The lowest BCUT2D eigenvalue weighted by Gasteiger charge is -1.98. The third kappa shape index (κ3) is 3.57. The number of nitrogens with one attached hydrogen (secondary N) is 1. The van der Waals surface area contributed by atoms with E-state index in [1.165, 1.54) is 12.1 Å². The summed E-state index contributed by atoms with van der Waals surface area (Å²) < 4.78 is 0. The first-order chi connectivity index (χ1) is 8.56. The number of carboxylic acid groups (broad SMARTS) is 1. The van der Waals surface area contributed by atoms with Crippen LogP contribution in [0.15, 0.2) is 18.2 Å². The molecule has 0 radical (unpaired) electrons. The predicted molar refractivity (Wildman–Crippen MR) is 65.5 cm³/mol. The fourth-order valence-electron chi connectivity index (χ4n) is 1.30. The molecule has 94 valence electrons. The SMILES string of the molecule is CNCCC#Cc1ccc([N+](=O)[O-])c(C(=O)O)c1. The average molecular weight is 248 g/mol. The lowest BCUT2D eigenvalue weighted by molar-refractivity contribution is -0.385. The zero-order valence-electron chi connectivity index (χ0n) is 9.77. The maximum absolute atomic E-state index is 10.9. The molecule has 0 heterocycles. The minimum Gasteiger partial charge on any atom is -0.477 e. The van der Waals surface area contributed by atoms with Crippen molar-refractivity contribution in [2.45, 2.75) is 6.42 Å². The molecular formula is C12H12N2O4. The number of hydrogen-bond donors (Lipinski definition) is 2. The van der Waals surface area contributed by atoms with Crippen molar-refractivity contribution in [2.75, 3.05) is 13.6 Å². The topological polar surface area (TPSA) is 92.5 Å². The number of hydrogen-bond acceptors (Lipinski definition) is 4. The van der Waals surface area contributed by atoms with Crippen LogP contribution < -0.4 is 5.32 Å². The van der Waals surface area contributed by atoms with E-state index in [-0.39, 0.29) is 5.56 Å². The summed E-state index contributed by atoms with van der Waals surface area (Å²) >= 11 is 0. The Bertz CT molecular complexity index is 529.